The number of nitrogen functional groups attached to an aromatic ring is 1. The number of likely N-dealkylation sites (N-methyl/N-ethyl adjacent to an activating group) is 1. The van der Waals surface area contributed by atoms with E-state index in [0.717, 1.165) is 5.06 Å². The molecule has 0 aliphatic rings. The second-order valence-corrected chi connectivity index (χ2v) is 2.93. The predicted octanol–water partition coefficient (Wildman–Crippen LogP) is 0.667. The van der Waals surface area contributed by atoms with E-state index in [1.165, 1.54) is 14.2 Å². The zero-order chi connectivity index (χ0) is 11.3. The highest BCUT2D eigenvalue weighted by Gasteiger charge is 2.08. The molecule has 0 unspecified atom stereocenters. The van der Waals surface area contributed by atoms with Gasteiger partial charge >= 0.3 is 0 Å². The largest absolute Gasteiger partial charge is 0.484 e. The normalized spacial score (nSPS) is 9.73. The van der Waals surface area contributed by atoms with E-state index in [1.54, 1.807) is 24.3 Å². The van der Waals surface area contributed by atoms with Crippen LogP contribution in [-0.2, 0) is 9.63 Å². The van der Waals surface area contributed by atoms with Gasteiger partial charge in [-0.2, -0.15) is 0 Å². The smallest absolute Gasteiger partial charge is 0.283 e. The van der Waals surface area contributed by atoms with Crippen molar-refractivity contribution >= 4 is 11.6 Å². The molecule has 0 spiro atoms. The molecule has 5 nitrogen and oxygen atoms in total. The molecule has 0 saturated carbocycles. The highest BCUT2D eigenvalue weighted by Crippen LogP contribution is 2.14. The Balaban J connectivity index is 2.47. The molecule has 0 aromatic heterocycles. The van der Waals surface area contributed by atoms with Crippen LogP contribution in [0.4, 0.5) is 5.69 Å². The van der Waals surface area contributed by atoms with Crippen molar-refractivity contribution in [3.05, 3.63) is 24.3 Å². The van der Waals surface area contributed by atoms with Gasteiger partial charge in [0.05, 0.1) is 7.11 Å². The molecule has 0 heterocycles. The molecule has 1 rings (SSSR count). The summed E-state index contributed by atoms with van der Waals surface area (Å²) in [6.45, 7) is -0.0756. The Morgan fingerprint density at radius 1 is 1.53 bits per heavy atom. The maximum absolute atomic E-state index is 11.3. The topological polar surface area (TPSA) is 64.8 Å². The second kappa shape index (κ2) is 5.21. The third kappa shape index (κ3) is 3.47. The number of hydrogen-bond donors (Lipinski definition) is 1. The fraction of sp³-hybridized carbons (Fsp3) is 0.300. The Morgan fingerprint density at radius 2 is 2.27 bits per heavy atom. The Morgan fingerprint density at radius 3 is 2.87 bits per heavy atom. The van der Waals surface area contributed by atoms with Crippen LogP contribution in [0.1, 0.15) is 0 Å². The monoisotopic (exact) mass is 210 g/mol. The zero-order valence-electron chi connectivity index (χ0n) is 8.77. The van der Waals surface area contributed by atoms with Gasteiger partial charge in [0.15, 0.2) is 6.61 Å². The number of hydrogen-bond acceptors (Lipinski definition) is 4. The highest BCUT2D eigenvalue weighted by atomic mass is 16.7. The van der Waals surface area contributed by atoms with Gasteiger partial charge in [-0.25, -0.2) is 5.06 Å². The van der Waals surface area contributed by atoms with E-state index in [-0.39, 0.29) is 12.5 Å². The number of ether oxygens (including phenoxy) is 1. The summed E-state index contributed by atoms with van der Waals surface area (Å²) in [6, 6.07) is 6.89. The number of nitrogens with zero attached hydrogens (tertiary/aromatic N) is 1. The number of rotatable bonds is 4. The van der Waals surface area contributed by atoms with Gasteiger partial charge in [-0.05, 0) is 12.1 Å². The summed E-state index contributed by atoms with van der Waals surface area (Å²) in [6.07, 6.45) is 0. The molecule has 0 bridgehead atoms. The zero-order valence-corrected chi connectivity index (χ0v) is 8.77. The first-order chi connectivity index (χ1) is 7.13. The molecule has 0 atom stereocenters. The molecule has 1 aromatic carbocycles. The number of amides is 1. The van der Waals surface area contributed by atoms with Crippen molar-refractivity contribution in [1.29, 1.82) is 0 Å². The SMILES string of the molecule is CON(C)C(=O)COc1cccc(N)c1. The highest BCUT2D eigenvalue weighted by molar-refractivity contribution is 5.76. The van der Waals surface area contributed by atoms with Gasteiger partial charge in [0.25, 0.3) is 5.91 Å². The summed E-state index contributed by atoms with van der Waals surface area (Å²) in [5.74, 6) is 0.299. The quantitative estimate of drug-likeness (QED) is 0.586. The third-order valence-corrected chi connectivity index (χ3v) is 1.85. The molecular formula is C10H14N2O3. The molecule has 0 aliphatic heterocycles. The van der Waals surface area contributed by atoms with E-state index in [0.29, 0.717) is 11.4 Å². The van der Waals surface area contributed by atoms with Crippen molar-refractivity contribution in [2.45, 2.75) is 0 Å². The van der Waals surface area contributed by atoms with Gasteiger partial charge in [-0.3, -0.25) is 9.63 Å². The number of benzene rings is 1. The van der Waals surface area contributed by atoms with Crippen LogP contribution in [0.2, 0.25) is 0 Å². The minimum Gasteiger partial charge on any atom is -0.484 e. The lowest BCUT2D eigenvalue weighted by molar-refractivity contribution is -0.170. The second-order valence-electron chi connectivity index (χ2n) is 2.93. The number of anilines is 1. The molecule has 0 fully saturated rings. The minimum absolute atomic E-state index is 0.0756. The summed E-state index contributed by atoms with van der Waals surface area (Å²) >= 11 is 0. The fourth-order valence-electron chi connectivity index (χ4n) is 0.942. The van der Waals surface area contributed by atoms with Crippen molar-refractivity contribution in [1.82, 2.24) is 5.06 Å². The lowest BCUT2D eigenvalue weighted by Crippen LogP contribution is -2.30. The number of hydroxylamine groups is 2. The molecule has 0 aliphatic carbocycles. The number of carbonyl (C=O) groups is 1. The molecule has 0 saturated heterocycles. The molecule has 1 aromatic rings. The lowest BCUT2D eigenvalue weighted by Gasteiger charge is -2.14. The average molecular weight is 210 g/mol. The summed E-state index contributed by atoms with van der Waals surface area (Å²) in [4.78, 5) is 16.0. The van der Waals surface area contributed by atoms with Crippen LogP contribution in [0.15, 0.2) is 24.3 Å². The number of carbonyl (C=O) groups excluding carboxylic acids is 1. The first-order valence-corrected chi connectivity index (χ1v) is 4.42. The average Bonchev–Trinajstić information content (AvgIpc) is 2.25. The van der Waals surface area contributed by atoms with Crippen LogP contribution in [-0.4, -0.2) is 31.7 Å². The standard InChI is InChI=1S/C10H14N2O3/c1-12(14-2)10(13)7-15-9-5-3-4-8(11)6-9/h3-6H,7,11H2,1-2H3. The van der Waals surface area contributed by atoms with Crippen LogP contribution in [0.5, 0.6) is 5.75 Å². The summed E-state index contributed by atoms with van der Waals surface area (Å²) < 4.78 is 5.22. The van der Waals surface area contributed by atoms with Crippen LogP contribution in [0.25, 0.3) is 0 Å². The maximum Gasteiger partial charge on any atom is 0.283 e. The van der Waals surface area contributed by atoms with Crippen molar-refractivity contribution < 1.29 is 14.4 Å². The molecule has 2 N–H and O–H groups in total. The molecule has 15 heavy (non-hydrogen) atoms. The Labute approximate surface area is 88.3 Å². The predicted molar refractivity (Wildman–Crippen MR) is 56.1 cm³/mol. The number of nitrogens with two attached hydrogens (primary N) is 1. The van der Waals surface area contributed by atoms with Gasteiger partial charge < -0.3 is 10.5 Å². The van der Waals surface area contributed by atoms with E-state index in [1.807, 2.05) is 0 Å². The van der Waals surface area contributed by atoms with Crippen LogP contribution in [0.3, 0.4) is 0 Å². The lowest BCUT2D eigenvalue weighted by atomic mass is 10.3. The van der Waals surface area contributed by atoms with Crippen molar-refractivity contribution in [2.24, 2.45) is 0 Å². The van der Waals surface area contributed by atoms with Gasteiger partial charge in [0.2, 0.25) is 0 Å². The molecule has 5 heteroatoms. The Hall–Kier alpha value is -1.75. The Kier molecular flexibility index (Phi) is 3.93. The van der Waals surface area contributed by atoms with Crippen LogP contribution in [0, 0.1) is 0 Å². The van der Waals surface area contributed by atoms with E-state index in [9.17, 15) is 4.79 Å². The van der Waals surface area contributed by atoms with E-state index in [2.05, 4.69) is 0 Å². The van der Waals surface area contributed by atoms with Crippen molar-refractivity contribution in [2.75, 3.05) is 26.5 Å². The van der Waals surface area contributed by atoms with E-state index < -0.39 is 0 Å². The van der Waals surface area contributed by atoms with Gasteiger partial charge in [0.1, 0.15) is 5.75 Å². The maximum atomic E-state index is 11.3. The van der Waals surface area contributed by atoms with Gasteiger partial charge in [-0.1, -0.05) is 6.07 Å². The summed E-state index contributed by atoms with van der Waals surface area (Å²) in [7, 11) is 2.93. The van der Waals surface area contributed by atoms with E-state index >= 15 is 0 Å². The van der Waals surface area contributed by atoms with Crippen molar-refractivity contribution in [3.63, 3.8) is 0 Å². The molecule has 1 amide bonds. The van der Waals surface area contributed by atoms with Crippen LogP contribution < -0.4 is 10.5 Å². The minimum atomic E-state index is -0.264. The van der Waals surface area contributed by atoms with Gasteiger partial charge in [-0.15, -0.1) is 0 Å². The first kappa shape index (κ1) is 11.3. The third-order valence-electron chi connectivity index (χ3n) is 1.85. The molecule has 82 valence electrons. The summed E-state index contributed by atoms with van der Waals surface area (Å²) in [5.41, 5.74) is 6.15. The summed E-state index contributed by atoms with van der Waals surface area (Å²) in [5, 5.41) is 1.10. The first-order valence-electron chi connectivity index (χ1n) is 4.42. The fourth-order valence-corrected chi connectivity index (χ4v) is 0.942. The Bertz CT molecular complexity index is 341. The van der Waals surface area contributed by atoms with Crippen molar-refractivity contribution in [3.8, 4) is 5.75 Å². The van der Waals surface area contributed by atoms with Gasteiger partial charge in [0, 0.05) is 18.8 Å². The van der Waals surface area contributed by atoms with Crippen LogP contribution >= 0.6 is 0 Å². The van der Waals surface area contributed by atoms with E-state index in [4.69, 9.17) is 15.3 Å². The molecular weight excluding hydrogens is 196 g/mol. The molecule has 0 radical (unpaired) electrons.